The first-order valence-electron chi connectivity index (χ1n) is 11.3. The van der Waals surface area contributed by atoms with E-state index in [2.05, 4.69) is 10.3 Å². The van der Waals surface area contributed by atoms with E-state index >= 15 is 0 Å². The number of aliphatic hydroxyl groups is 1. The van der Waals surface area contributed by atoms with Gasteiger partial charge in [0.2, 0.25) is 5.91 Å². The SMILES string of the molecule is COc1ccc(-c2sc(NC(=O)C3CCCC3)nc2C)cc1S(=O)N1CCCCC1CO. The first-order chi connectivity index (χ1) is 15.5. The quantitative estimate of drug-likeness (QED) is 0.626. The van der Waals surface area contributed by atoms with Crippen molar-refractivity contribution < 1.29 is 18.8 Å². The minimum absolute atomic E-state index is 0.00818. The number of benzene rings is 1. The lowest BCUT2D eigenvalue weighted by atomic mass is 10.1. The first-order valence-corrected chi connectivity index (χ1v) is 13.2. The van der Waals surface area contributed by atoms with Gasteiger partial charge in [-0.15, -0.1) is 0 Å². The number of nitrogens with one attached hydrogen (secondary N) is 1. The van der Waals surface area contributed by atoms with Gasteiger partial charge in [-0.25, -0.2) is 13.5 Å². The molecule has 4 rings (SSSR count). The van der Waals surface area contributed by atoms with Crippen molar-refractivity contribution >= 4 is 33.4 Å². The molecule has 9 heteroatoms. The number of amides is 1. The number of anilines is 1. The average Bonchev–Trinajstić information content (AvgIpc) is 3.48. The number of hydrogen-bond donors (Lipinski definition) is 2. The maximum Gasteiger partial charge on any atom is 0.229 e. The summed E-state index contributed by atoms with van der Waals surface area (Å²) in [5, 5.41) is 13.3. The summed E-state index contributed by atoms with van der Waals surface area (Å²) in [6.45, 7) is 2.60. The molecule has 2 atom stereocenters. The van der Waals surface area contributed by atoms with E-state index in [0.717, 1.165) is 61.1 Å². The highest BCUT2D eigenvalue weighted by atomic mass is 32.2. The number of carbonyl (C=O) groups excluding carboxylic acids is 1. The summed E-state index contributed by atoms with van der Waals surface area (Å²) >= 11 is 1.44. The maximum absolute atomic E-state index is 13.5. The monoisotopic (exact) mass is 477 g/mol. The molecule has 2 heterocycles. The van der Waals surface area contributed by atoms with Gasteiger partial charge < -0.3 is 15.2 Å². The fourth-order valence-corrected chi connectivity index (χ4v) is 7.08. The fraction of sp³-hybridized carbons (Fsp3) is 0.565. The number of aryl methyl sites for hydroxylation is 1. The third-order valence-electron chi connectivity index (χ3n) is 6.36. The van der Waals surface area contributed by atoms with Crippen LogP contribution in [0.5, 0.6) is 5.75 Å². The van der Waals surface area contributed by atoms with E-state index in [0.29, 0.717) is 22.3 Å². The van der Waals surface area contributed by atoms with Gasteiger partial charge in [-0.3, -0.25) is 4.79 Å². The average molecular weight is 478 g/mol. The highest BCUT2D eigenvalue weighted by Gasteiger charge is 2.29. The molecule has 7 nitrogen and oxygen atoms in total. The zero-order valence-corrected chi connectivity index (χ0v) is 20.3. The van der Waals surface area contributed by atoms with Crippen molar-refractivity contribution in [1.82, 2.24) is 9.29 Å². The van der Waals surface area contributed by atoms with E-state index in [9.17, 15) is 14.1 Å². The Morgan fingerprint density at radius 1 is 1.28 bits per heavy atom. The number of rotatable bonds is 7. The Balaban J connectivity index is 1.60. The van der Waals surface area contributed by atoms with Gasteiger partial charge in [0.1, 0.15) is 16.7 Å². The summed E-state index contributed by atoms with van der Waals surface area (Å²) in [4.78, 5) is 18.6. The zero-order valence-electron chi connectivity index (χ0n) is 18.6. The second kappa shape index (κ2) is 10.4. The number of aliphatic hydroxyl groups excluding tert-OH is 1. The number of hydrogen-bond acceptors (Lipinski definition) is 6. The van der Waals surface area contributed by atoms with Crippen molar-refractivity contribution in [1.29, 1.82) is 0 Å². The molecule has 2 fully saturated rings. The minimum atomic E-state index is -1.44. The van der Waals surface area contributed by atoms with Gasteiger partial charge in [-0.2, -0.15) is 0 Å². The standard InChI is InChI=1S/C23H31N3O4S2/c1-15-21(31-23(24-15)25-22(28)16-7-3-4-8-16)17-10-11-19(30-2)20(13-17)32(29)26-12-6-5-9-18(26)14-27/h10-11,13,16,18,27H,3-9,12,14H2,1-2H3,(H,24,25,28). The van der Waals surface area contributed by atoms with Crippen LogP contribution in [0, 0.1) is 12.8 Å². The van der Waals surface area contributed by atoms with Gasteiger partial charge in [0, 0.05) is 18.5 Å². The lowest BCUT2D eigenvalue weighted by molar-refractivity contribution is -0.119. The highest BCUT2D eigenvalue weighted by molar-refractivity contribution is 7.82. The van der Waals surface area contributed by atoms with E-state index in [-0.39, 0.29) is 24.5 Å². The topological polar surface area (TPSA) is 91.8 Å². The molecule has 0 bridgehead atoms. The molecule has 1 aliphatic heterocycles. The molecule has 1 saturated heterocycles. The second-order valence-corrected chi connectivity index (χ2v) is 10.9. The van der Waals surface area contributed by atoms with Crippen LogP contribution in [0.3, 0.4) is 0 Å². The molecule has 2 aromatic rings. The molecule has 2 N–H and O–H groups in total. The zero-order chi connectivity index (χ0) is 22.7. The van der Waals surface area contributed by atoms with Crippen LogP contribution in [0.4, 0.5) is 5.13 Å². The first kappa shape index (κ1) is 23.4. The van der Waals surface area contributed by atoms with Crippen LogP contribution in [0.25, 0.3) is 10.4 Å². The second-order valence-electron chi connectivity index (χ2n) is 8.49. The Morgan fingerprint density at radius 3 is 2.75 bits per heavy atom. The Morgan fingerprint density at radius 2 is 2.03 bits per heavy atom. The van der Waals surface area contributed by atoms with Crippen LogP contribution < -0.4 is 10.1 Å². The number of piperidine rings is 1. The lowest BCUT2D eigenvalue weighted by Gasteiger charge is -2.33. The summed E-state index contributed by atoms with van der Waals surface area (Å²) < 4.78 is 20.9. The minimum Gasteiger partial charge on any atom is -0.495 e. The summed E-state index contributed by atoms with van der Waals surface area (Å²) in [7, 11) is 0.130. The molecule has 2 aliphatic rings. The Labute approximate surface area is 195 Å². The third kappa shape index (κ3) is 4.90. The van der Waals surface area contributed by atoms with E-state index in [1.165, 1.54) is 11.3 Å². The lowest BCUT2D eigenvalue weighted by Crippen LogP contribution is -2.42. The number of aromatic nitrogens is 1. The number of nitrogens with zero attached hydrogens (tertiary/aromatic N) is 2. The molecule has 0 spiro atoms. The van der Waals surface area contributed by atoms with Crippen molar-refractivity contribution in [2.75, 3.05) is 25.6 Å². The third-order valence-corrected chi connectivity index (χ3v) is 9.09. The molecular formula is C23H31N3O4S2. The maximum atomic E-state index is 13.5. The van der Waals surface area contributed by atoms with E-state index in [1.54, 1.807) is 7.11 Å². The molecule has 1 aromatic heterocycles. The number of methoxy groups -OCH3 is 1. The van der Waals surface area contributed by atoms with Crippen LogP contribution in [0.15, 0.2) is 23.1 Å². The number of thiazole rings is 1. The molecule has 2 unspecified atom stereocenters. The van der Waals surface area contributed by atoms with E-state index in [4.69, 9.17) is 4.74 Å². The van der Waals surface area contributed by atoms with Crippen molar-refractivity contribution in [2.45, 2.75) is 62.8 Å². The molecule has 1 aliphatic carbocycles. The highest BCUT2D eigenvalue weighted by Crippen LogP contribution is 2.37. The summed E-state index contributed by atoms with van der Waals surface area (Å²) in [6.07, 6.45) is 6.94. The summed E-state index contributed by atoms with van der Waals surface area (Å²) in [5.41, 5.74) is 1.72. The van der Waals surface area contributed by atoms with Crippen LogP contribution in [0.2, 0.25) is 0 Å². The van der Waals surface area contributed by atoms with E-state index < -0.39 is 11.0 Å². The largest absolute Gasteiger partial charge is 0.495 e. The van der Waals surface area contributed by atoms with Gasteiger partial charge in [0.15, 0.2) is 5.13 Å². The summed E-state index contributed by atoms with van der Waals surface area (Å²) in [6, 6.07) is 5.54. The number of ether oxygens (including phenoxy) is 1. The predicted octanol–water partition coefficient (Wildman–Crippen LogP) is 4.13. The Kier molecular flexibility index (Phi) is 7.60. The molecule has 0 radical (unpaired) electrons. The van der Waals surface area contributed by atoms with Crippen LogP contribution in [0.1, 0.15) is 50.6 Å². The molecule has 174 valence electrons. The van der Waals surface area contributed by atoms with Crippen LogP contribution >= 0.6 is 11.3 Å². The van der Waals surface area contributed by atoms with Gasteiger partial charge >= 0.3 is 0 Å². The van der Waals surface area contributed by atoms with Gasteiger partial charge in [-0.1, -0.05) is 30.6 Å². The Bertz CT molecular complexity index is 988. The molecule has 1 aromatic carbocycles. The van der Waals surface area contributed by atoms with Crippen LogP contribution in [-0.2, 0) is 15.8 Å². The van der Waals surface area contributed by atoms with Crippen molar-refractivity contribution in [3.8, 4) is 16.2 Å². The smallest absolute Gasteiger partial charge is 0.229 e. The fourth-order valence-electron chi connectivity index (χ4n) is 4.57. The Hall–Kier alpha value is -1.81. The van der Waals surface area contributed by atoms with Gasteiger partial charge in [0.25, 0.3) is 0 Å². The van der Waals surface area contributed by atoms with Crippen LogP contribution in [-0.4, -0.2) is 50.8 Å². The molecule has 32 heavy (non-hydrogen) atoms. The molecule has 1 amide bonds. The van der Waals surface area contributed by atoms with Crippen molar-refractivity contribution in [3.63, 3.8) is 0 Å². The van der Waals surface area contributed by atoms with Gasteiger partial charge in [0.05, 0.1) is 29.2 Å². The number of carbonyl (C=O) groups is 1. The summed E-state index contributed by atoms with van der Waals surface area (Å²) in [5.74, 6) is 0.701. The van der Waals surface area contributed by atoms with Crippen molar-refractivity contribution in [3.05, 3.63) is 23.9 Å². The predicted molar refractivity (Wildman–Crippen MR) is 127 cm³/mol. The normalized spacial score (nSPS) is 20.9. The molecule has 1 saturated carbocycles. The van der Waals surface area contributed by atoms with Crippen molar-refractivity contribution in [2.24, 2.45) is 5.92 Å². The van der Waals surface area contributed by atoms with E-state index in [1.807, 2.05) is 29.4 Å². The van der Waals surface area contributed by atoms with Gasteiger partial charge in [-0.05, 0) is 56.4 Å². The molecular weight excluding hydrogens is 446 g/mol.